The van der Waals surface area contributed by atoms with Crippen LogP contribution in [0.3, 0.4) is 0 Å². The van der Waals surface area contributed by atoms with Gasteiger partial charge in [0.1, 0.15) is 5.82 Å². The van der Waals surface area contributed by atoms with Crippen LogP contribution in [0, 0.1) is 25.3 Å². The number of aliphatic imine (C=N–C) groups is 1. The number of aromatic nitrogens is 2. The summed E-state index contributed by atoms with van der Waals surface area (Å²) in [6.07, 6.45) is 3.65. The highest BCUT2D eigenvalue weighted by Gasteiger charge is 2.06. The zero-order valence-corrected chi connectivity index (χ0v) is 11.7. The second kappa shape index (κ2) is 7.16. The second-order valence-electron chi connectivity index (χ2n) is 4.05. The van der Waals surface area contributed by atoms with Crippen LogP contribution in [0.25, 0.3) is 0 Å². The Bertz CT molecular complexity index is 489. The molecule has 0 bridgehead atoms. The van der Waals surface area contributed by atoms with Gasteiger partial charge in [0.15, 0.2) is 6.19 Å². The highest BCUT2D eigenvalue weighted by atomic mass is 15.2. The maximum absolute atomic E-state index is 8.51. The second-order valence-corrected chi connectivity index (χ2v) is 4.05. The largest absolute Gasteiger partial charge is 0.370 e. The molecule has 0 amide bonds. The molecule has 0 aliphatic rings. The zero-order chi connectivity index (χ0) is 14.3. The number of anilines is 1. The molecule has 0 spiro atoms. The first-order chi connectivity index (χ1) is 9.08. The third-order valence-electron chi connectivity index (χ3n) is 2.62. The summed E-state index contributed by atoms with van der Waals surface area (Å²) < 4.78 is 0. The van der Waals surface area contributed by atoms with E-state index in [0.29, 0.717) is 12.5 Å². The van der Waals surface area contributed by atoms with E-state index in [1.165, 1.54) is 0 Å². The zero-order valence-electron chi connectivity index (χ0n) is 11.7. The van der Waals surface area contributed by atoms with Gasteiger partial charge in [-0.05, 0) is 13.8 Å². The number of nitriles is 1. The first kappa shape index (κ1) is 14.7. The Morgan fingerprint density at radius 3 is 2.84 bits per heavy atom. The predicted molar refractivity (Wildman–Crippen MR) is 74.9 cm³/mol. The monoisotopic (exact) mass is 261 g/mol. The molecule has 1 aromatic rings. The van der Waals surface area contributed by atoms with Crippen LogP contribution in [-0.4, -0.2) is 43.1 Å². The Morgan fingerprint density at radius 1 is 1.53 bits per heavy atom. The minimum Gasteiger partial charge on any atom is -0.370 e. The molecule has 0 aliphatic heterocycles. The Balaban J connectivity index is 2.52. The molecule has 0 radical (unpaired) electrons. The molecule has 7 heteroatoms. The van der Waals surface area contributed by atoms with E-state index in [9.17, 15) is 0 Å². The standard InChI is InChI=1S/C12H19N7/c1-9-11(7-16-10(2)18-9)19(4)6-5-15-12(14-3)17-8-13/h7H,5-6H2,1-4H3,(H2,14,15,17). The summed E-state index contributed by atoms with van der Waals surface area (Å²) in [5.41, 5.74) is 1.95. The van der Waals surface area contributed by atoms with Crippen molar-refractivity contribution in [1.82, 2.24) is 20.6 Å². The average Bonchev–Trinajstić information content (AvgIpc) is 2.37. The van der Waals surface area contributed by atoms with Crippen molar-refractivity contribution in [2.75, 3.05) is 32.1 Å². The third-order valence-corrected chi connectivity index (χ3v) is 2.62. The van der Waals surface area contributed by atoms with Crippen molar-refractivity contribution in [2.24, 2.45) is 4.99 Å². The van der Waals surface area contributed by atoms with Crippen LogP contribution >= 0.6 is 0 Å². The normalized spacial score (nSPS) is 10.8. The van der Waals surface area contributed by atoms with Gasteiger partial charge in [0, 0.05) is 27.2 Å². The Labute approximate surface area is 113 Å². The summed E-state index contributed by atoms with van der Waals surface area (Å²) in [5, 5.41) is 14.0. The fourth-order valence-electron chi connectivity index (χ4n) is 1.65. The lowest BCUT2D eigenvalue weighted by Crippen LogP contribution is -2.39. The van der Waals surface area contributed by atoms with E-state index in [4.69, 9.17) is 5.26 Å². The van der Waals surface area contributed by atoms with Gasteiger partial charge in [0.2, 0.25) is 5.96 Å². The highest BCUT2D eigenvalue weighted by Crippen LogP contribution is 2.14. The minimum atomic E-state index is 0.466. The molecule has 1 heterocycles. The molecular formula is C12H19N7. The number of nitrogens with one attached hydrogen (secondary N) is 2. The lowest BCUT2D eigenvalue weighted by Gasteiger charge is -2.21. The summed E-state index contributed by atoms with van der Waals surface area (Å²) in [6.45, 7) is 5.24. The minimum absolute atomic E-state index is 0.466. The van der Waals surface area contributed by atoms with E-state index in [1.807, 2.05) is 33.3 Å². The van der Waals surface area contributed by atoms with Crippen LogP contribution < -0.4 is 15.5 Å². The van der Waals surface area contributed by atoms with Crippen molar-refractivity contribution in [3.8, 4) is 6.19 Å². The van der Waals surface area contributed by atoms with Crippen LogP contribution in [0.1, 0.15) is 11.5 Å². The maximum Gasteiger partial charge on any atom is 0.204 e. The molecule has 19 heavy (non-hydrogen) atoms. The fraction of sp³-hybridized carbons (Fsp3) is 0.500. The van der Waals surface area contributed by atoms with E-state index in [0.717, 1.165) is 23.8 Å². The number of hydrogen-bond acceptors (Lipinski definition) is 5. The summed E-state index contributed by atoms with van der Waals surface area (Å²) in [5.74, 6) is 1.24. The molecule has 0 aliphatic carbocycles. The van der Waals surface area contributed by atoms with Crippen molar-refractivity contribution in [2.45, 2.75) is 13.8 Å². The number of likely N-dealkylation sites (N-methyl/N-ethyl adjacent to an activating group) is 1. The third kappa shape index (κ3) is 4.43. The average molecular weight is 261 g/mol. The highest BCUT2D eigenvalue weighted by molar-refractivity contribution is 5.80. The van der Waals surface area contributed by atoms with Crippen LogP contribution in [0.5, 0.6) is 0 Å². The van der Waals surface area contributed by atoms with Gasteiger partial charge in [-0.25, -0.2) is 9.97 Å². The topological polar surface area (TPSA) is 89.2 Å². The van der Waals surface area contributed by atoms with Crippen LogP contribution in [0.15, 0.2) is 11.2 Å². The molecule has 1 rings (SSSR count). The molecule has 0 fully saturated rings. The predicted octanol–water partition coefficient (Wildman–Crippen LogP) is 0.176. The maximum atomic E-state index is 8.51. The van der Waals surface area contributed by atoms with Gasteiger partial charge < -0.3 is 10.2 Å². The molecular weight excluding hydrogens is 242 g/mol. The van der Waals surface area contributed by atoms with Crippen molar-refractivity contribution in [3.05, 3.63) is 17.7 Å². The fourth-order valence-corrected chi connectivity index (χ4v) is 1.65. The Morgan fingerprint density at radius 2 is 2.26 bits per heavy atom. The molecule has 0 saturated carbocycles. The molecule has 0 unspecified atom stereocenters. The van der Waals surface area contributed by atoms with Crippen molar-refractivity contribution in [3.63, 3.8) is 0 Å². The van der Waals surface area contributed by atoms with Gasteiger partial charge in [0.25, 0.3) is 0 Å². The van der Waals surface area contributed by atoms with Crippen LogP contribution in [0.2, 0.25) is 0 Å². The molecule has 102 valence electrons. The number of guanidine groups is 1. The van der Waals surface area contributed by atoms with Crippen molar-refractivity contribution >= 4 is 11.6 Å². The lowest BCUT2D eigenvalue weighted by molar-refractivity contribution is 0.799. The van der Waals surface area contributed by atoms with Crippen molar-refractivity contribution < 1.29 is 0 Å². The first-order valence-corrected chi connectivity index (χ1v) is 5.95. The quantitative estimate of drug-likeness (QED) is 0.348. The Kier molecular flexibility index (Phi) is 5.54. The summed E-state index contributed by atoms with van der Waals surface area (Å²) in [4.78, 5) is 14.5. The lowest BCUT2D eigenvalue weighted by atomic mass is 10.3. The van der Waals surface area contributed by atoms with Gasteiger partial charge in [-0.3, -0.25) is 10.3 Å². The summed E-state index contributed by atoms with van der Waals surface area (Å²) in [6, 6.07) is 0. The smallest absolute Gasteiger partial charge is 0.204 e. The van der Waals surface area contributed by atoms with Crippen LogP contribution in [-0.2, 0) is 0 Å². The first-order valence-electron chi connectivity index (χ1n) is 5.95. The van der Waals surface area contributed by atoms with Gasteiger partial charge in [-0.1, -0.05) is 0 Å². The number of rotatable bonds is 4. The van der Waals surface area contributed by atoms with Gasteiger partial charge >= 0.3 is 0 Å². The van der Waals surface area contributed by atoms with Gasteiger partial charge in [-0.2, -0.15) is 5.26 Å². The molecule has 7 nitrogen and oxygen atoms in total. The molecule has 1 aromatic heterocycles. The van der Waals surface area contributed by atoms with E-state index < -0.39 is 0 Å². The summed E-state index contributed by atoms with van der Waals surface area (Å²) in [7, 11) is 3.59. The Hall–Kier alpha value is -2.36. The number of hydrogen-bond donors (Lipinski definition) is 2. The molecule has 0 atom stereocenters. The number of aryl methyl sites for hydroxylation is 2. The molecule has 2 N–H and O–H groups in total. The molecule has 0 saturated heterocycles. The van der Waals surface area contributed by atoms with Crippen LogP contribution in [0.4, 0.5) is 5.69 Å². The molecule has 0 aromatic carbocycles. The van der Waals surface area contributed by atoms with Gasteiger partial charge in [-0.15, -0.1) is 0 Å². The van der Waals surface area contributed by atoms with Gasteiger partial charge in [0.05, 0.1) is 17.6 Å². The SMILES string of the molecule is CN=C(NC#N)NCCN(C)c1cnc(C)nc1C. The van der Waals surface area contributed by atoms with E-state index in [-0.39, 0.29) is 0 Å². The summed E-state index contributed by atoms with van der Waals surface area (Å²) >= 11 is 0. The van der Waals surface area contributed by atoms with E-state index in [2.05, 4.69) is 30.5 Å². The van der Waals surface area contributed by atoms with E-state index >= 15 is 0 Å². The van der Waals surface area contributed by atoms with E-state index in [1.54, 1.807) is 7.05 Å². The van der Waals surface area contributed by atoms with Crippen molar-refractivity contribution in [1.29, 1.82) is 5.26 Å². The number of nitrogens with zero attached hydrogens (tertiary/aromatic N) is 5.